The van der Waals surface area contributed by atoms with E-state index in [2.05, 4.69) is 35.2 Å². The van der Waals surface area contributed by atoms with Crippen LogP contribution in [0.2, 0.25) is 0 Å². The number of carbonyl (C=O) groups excluding carboxylic acids is 1. The van der Waals surface area contributed by atoms with Crippen LogP contribution in [0.15, 0.2) is 47.1 Å². The molecule has 2 heterocycles. The zero-order chi connectivity index (χ0) is 15.4. The Hall–Kier alpha value is -2.07. The summed E-state index contributed by atoms with van der Waals surface area (Å²) in [6.45, 7) is 3.16. The number of hydrogen-bond donors (Lipinski definition) is 1. The molecule has 0 unspecified atom stereocenters. The number of likely N-dealkylation sites (tertiary alicyclic amines) is 1. The molecule has 1 saturated heterocycles. The molecule has 0 bridgehead atoms. The second kappa shape index (κ2) is 6.79. The van der Waals surface area contributed by atoms with Crippen molar-refractivity contribution in [1.29, 1.82) is 0 Å². The minimum Gasteiger partial charge on any atom is -0.468 e. The Morgan fingerprint density at radius 2 is 1.91 bits per heavy atom. The van der Waals surface area contributed by atoms with Gasteiger partial charge in [0.2, 0.25) is 0 Å². The van der Waals surface area contributed by atoms with Gasteiger partial charge in [-0.1, -0.05) is 30.3 Å². The van der Waals surface area contributed by atoms with Crippen LogP contribution in [0.5, 0.6) is 0 Å². The Balaban J connectivity index is 1.52. The summed E-state index contributed by atoms with van der Waals surface area (Å²) in [4.78, 5) is 13.9. The third-order valence-electron chi connectivity index (χ3n) is 4.48. The van der Waals surface area contributed by atoms with Crippen molar-refractivity contribution in [3.05, 3.63) is 59.5 Å². The first-order valence-corrected chi connectivity index (χ1v) is 7.87. The lowest BCUT2D eigenvalue weighted by Gasteiger charge is -2.31. The van der Waals surface area contributed by atoms with Crippen LogP contribution >= 0.6 is 0 Å². The number of rotatable bonds is 5. The predicted molar refractivity (Wildman–Crippen MR) is 85.8 cm³/mol. The fourth-order valence-electron chi connectivity index (χ4n) is 3.19. The van der Waals surface area contributed by atoms with Gasteiger partial charge in [-0.25, -0.2) is 0 Å². The Kier molecular flexibility index (Phi) is 4.59. The SMILES string of the molecule is NC(=O)c1ccoc1C1CCN(CCc2ccccc2)CC1. The highest BCUT2D eigenvalue weighted by molar-refractivity contribution is 5.93. The Labute approximate surface area is 130 Å². The molecule has 0 radical (unpaired) electrons. The number of furan rings is 1. The lowest BCUT2D eigenvalue weighted by atomic mass is 9.92. The van der Waals surface area contributed by atoms with Crippen LogP contribution in [-0.2, 0) is 6.42 Å². The Bertz CT molecular complexity index is 613. The number of amides is 1. The van der Waals surface area contributed by atoms with Crippen LogP contribution in [0.4, 0.5) is 0 Å². The van der Waals surface area contributed by atoms with Crippen molar-refractivity contribution in [1.82, 2.24) is 4.90 Å². The molecule has 0 spiro atoms. The van der Waals surface area contributed by atoms with E-state index in [1.165, 1.54) is 5.56 Å². The third-order valence-corrected chi connectivity index (χ3v) is 4.48. The highest BCUT2D eigenvalue weighted by Crippen LogP contribution is 2.31. The summed E-state index contributed by atoms with van der Waals surface area (Å²) in [5.74, 6) is 0.691. The second-order valence-corrected chi connectivity index (χ2v) is 5.91. The van der Waals surface area contributed by atoms with Crippen molar-refractivity contribution in [2.75, 3.05) is 19.6 Å². The van der Waals surface area contributed by atoms with Crippen molar-refractivity contribution >= 4 is 5.91 Å². The molecule has 22 heavy (non-hydrogen) atoms. The normalized spacial score (nSPS) is 16.7. The topological polar surface area (TPSA) is 59.5 Å². The molecular weight excluding hydrogens is 276 g/mol. The van der Waals surface area contributed by atoms with E-state index in [4.69, 9.17) is 10.2 Å². The largest absolute Gasteiger partial charge is 0.468 e. The molecule has 1 fully saturated rings. The minimum atomic E-state index is -0.393. The molecule has 2 aromatic rings. The van der Waals surface area contributed by atoms with Crippen LogP contribution in [0.25, 0.3) is 0 Å². The molecule has 4 nitrogen and oxygen atoms in total. The van der Waals surface area contributed by atoms with E-state index in [0.29, 0.717) is 11.5 Å². The fourth-order valence-corrected chi connectivity index (χ4v) is 3.19. The number of nitrogens with two attached hydrogens (primary N) is 1. The lowest BCUT2D eigenvalue weighted by Crippen LogP contribution is -2.34. The zero-order valence-electron chi connectivity index (χ0n) is 12.7. The molecule has 1 aromatic carbocycles. The average molecular weight is 298 g/mol. The van der Waals surface area contributed by atoms with Gasteiger partial charge in [-0.3, -0.25) is 4.79 Å². The van der Waals surface area contributed by atoms with Gasteiger partial charge in [-0.15, -0.1) is 0 Å². The lowest BCUT2D eigenvalue weighted by molar-refractivity contribution is 0.0996. The molecule has 1 aliphatic heterocycles. The quantitative estimate of drug-likeness (QED) is 0.923. The van der Waals surface area contributed by atoms with Gasteiger partial charge in [-0.05, 0) is 44.0 Å². The number of primary amides is 1. The molecule has 2 N–H and O–H groups in total. The smallest absolute Gasteiger partial charge is 0.252 e. The predicted octanol–water partition coefficient (Wildman–Crippen LogP) is 2.80. The van der Waals surface area contributed by atoms with Crippen LogP contribution in [0.1, 0.15) is 40.4 Å². The standard InChI is InChI=1S/C18H22N2O2/c19-18(21)16-9-13-22-17(16)15-7-11-20(12-8-15)10-6-14-4-2-1-3-5-14/h1-5,9,13,15H,6-8,10-12H2,(H2,19,21). The van der Waals surface area contributed by atoms with Gasteiger partial charge in [0.15, 0.2) is 0 Å². The first kappa shape index (κ1) is 14.9. The van der Waals surface area contributed by atoms with Crippen LogP contribution in [0, 0.1) is 0 Å². The van der Waals surface area contributed by atoms with Crippen molar-refractivity contribution < 1.29 is 9.21 Å². The van der Waals surface area contributed by atoms with Crippen molar-refractivity contribution in [2.45, 2.75) is 25.2 Å². The van der Waals surface area contributed by atoms with Crippen LogP contribution in [0.3, 0.4) is 0 Å². The maximum absolute atomic E-state index is 11.4. The van der Waals surface area contributed by atoms with E-state index in [1.54, 1.807) is 12.3 Å². The Morgan fingerprint density at radius 1 is 1.18 bits per heavy atom. The number of nitrogens with zero attached hydrogens (tertiary/aromatic N) is 1. The average Bonchev–Trinajstić information content (AvgIpc) is 3.04. The number of piperidine rings is 1. The number of hydrogen-bond acceptors (Lipinski definition) is 3. The summed E-state index contributed by atoms with van der Waals surface area (Å²) in [5, 5.41) is 0. The van der Waals surface area contributed by atoms with Crippen molar-refractivity contribution in [2.24, 2.45) is 5.73 Å². The van der Waals surface area contributed by atoms with Gasteiger partial charge >= 0.3 is 0 Å². The first-order chi connectivity index (χ1) is 10.7. The molecule has 0 aliphatic carbocycles. The number of benzene rings is 1. The molecule has 0 saturated carbocycles. The summed E-state index contributed by atoms with van der Waals surface area (Å²) in [6, 6.07) is 12.3. The summed E-state index contributed by atoms with van der Waals surface area (Å²) in [6.07, 6.45) is 4.68. The van der Waals surface area contributed by atoms with Crippen LogP contribution < -0.4 is 5.73 Å². The van der Waals surface area contributed by atoms with E-state index < -0.39 is 5.91 Å². The van der Waals surface area contributed by atoms with E-state index in [-0.39, 0.29) is 0 Å². The first-order valence-electron chi connectivity index (χ1n) is 7.87. The zero-order valence-corrected chi connectivity index (χ0v) is 12.7. The number of carbonyl (C=O) groups is 1. The van der Waals surface area contributed by atoms with Gasteiger partial charge in [0.1, 0.15) is 5.76 Å². The summed E-state index contributed by atoms with van der Waals surface area (Å²) in [7, 11) is 0. The van der Waals surface area contributed by atoms with Crippen molar-refractivity contribution in [3.63, 3.8) is 0 Å². The molecule has 116 valence electrons. The highest BCUT2D eigenvalue weighted by atomic mass is 16.3. The van der Waals surface area contributed by atoms with Gasteiger partial charge in [0.05, 0.1) is 11.8 Å². The van der Waals surface area contributed by atoms with E-state index >= 15 is 0 Å². The highest BCUT2D eigenvalue weighted by Gasteiger charge is 2.26. The summed E-state index contributed by atoms with van der Waals surface area (Å²) in [5.41, 5.74) is 7.32. The van der Waals surface area contributed by atoms with E-state index in [0.717, 1.165) is 44.7 Å². The van der Waals surface area contributed by atoms with Crippen LogP contribution in [-0.4, -0.2) is 30.4 Å². The van der Waals surface area contributed by atoms with Gasteiger partial charge in [0, 0.05) is 12.5 Å². The van der Waals surface area contributed by atoms with Gasteiger partial charge < -0.3 is 15.1 Å². The molecule has 1 aliphatic rings. The molecule has 1 amide bonds. The fraction of sp³-hybridized carbons (Fsp3) is 0.389. The van der Waals surface area contributed by atoms with Gasteiger partial charge in [-0.2, -0.15) is 0 Å². The minimum absolute atomic E-state index is 0.311. The molecule has 1 aromatic heterocycles. The molecular formula is C18H22N2O2. The molecule has 3 rings (SSSR count). The maximum atomic E-state index is 11.4. The van der Waals surface area contributed by atoms with E-state index in [9.17, 15) is 4.79 Å². The second-order valence-electron chi connectivity index (χ2n) is 5.91. The van der Waals surface area contributed by atoms with Gasteiger partial charge in [0.25, 0.3) is 5.91 Å². The summed E-state index contributed by atoms with van der Waals surface area (Å²) < 4.78 is 5.51. The third kappa shape index (κ3) is 3.39. The summed E-state index contributed by atoms with van der Waals surface area (Å²) >= 11 is 0. The van der Waals surface area contributed by atoms with Crippen molar-refractivity contribution in [3.8, 4) is 0 Å². The Morgan fingerprint density at radius 3 is 2.59 bits per heavy atom. The van der Waals surface area contributed by atoms with E-state index in [1.807, 2.05) is 0 Å². The molecule has 4 heteroatoms. The maximum Gasteiger partial charge on any atom is 0.252 e. The monoisotopic (exact) mass is 298 g/mol. The molecule has 0 atom stereocenters.